The van der Waals surface area contributed by atoms with Crippen LogP contribution in [0.5, 0.6) is 0 Å². The summed E-state index contributed by atoms with van der Waals surface area (Å²) in [6, 6.07) is 13.2. The molecule has 0 aliphatic carbocycles. The van der Waals surface area contributed by atoms with Crippen LogP contribution in [0, 0.1) is 0 Å². The van der Waals surface area contributed by atoms with Gasteiger partial charge >= 0.3 is 5.97 Å². The lowest BCUT2D eigenvalue weighted by molar-refractivity contribution is 0.0470. The molecule has 126 valence electrons. The molecule has 5 nitrogen and oxygen atoms in total. The Morgan fingerprint density at radius 2 is 2.00 bits per heavy atom. The topological polar surface area (TPSA) is 68.3 Å². The second kappa shape index (κ2) is 7.72. The number of fused-ring (bicyclic) bond motifs is 1. The van der Waals surface area contributed by atoms with Gasteiger partial charge in [-0.05, 0) is 16.8 Å². The molecule has 1 aromatic heterocycles. The fourth-order valence-electron chi connectivity index (χ4n) is 2.26. The van der Waals surface area contributed by atoms with Gasteiger partial charge in [0.1, 0.15) is 0 Å². The Labute approximate surface area is 149 Å². The number of ketones is 1. The van der Waals surface area contributed by atoms with Crippen molar-refractivity contribution in [2.45, 2.75) is 0 Å². The molecule has 6 heteroatoms. The number of aromatic nitrogens is 1. The van der Waals surface area contributed by atoms with Crippen LogP contribution < -0.4 is 5.32 Å². The maximum atomic E-state index is 12.3. The zero-order valence-electron chi connectivity index (χ0n) is 13.4. The highest BCUT2D eigenvalue weighted by Gasteiger charge is 2.15. The number of ether oxygens (including phenoxy) is 1. The van der Waals surface area contributed by atoms with Crippen molar-refractivity contribution in [3.8, 4) is 0 Å². The van der Waals surface area contributed by atoms with Crippen molar-refractivity contribution >= 4 is 39.0 Å². The second-order valence-electron chi connectivity index (χ2n) is 5.27. The molecule has 1 heterocycles. The third kappa shape index (κ3) is 4.10. The van der Waals surface area contributed by atoms with E-state index < -0.39 is 5.97 Å². The van der Waals surface area contributed by atoms with Crippen LogP contribution in [-0.4, -0.2) is 29.9 Å². The van der Waals surface area contributed by atoms with Crippen molar-refractivity contribution in [1.29, 1.82) is 0 Å². The Kier molecular flexibility index (Phi) is 5.20. The summed E-state index contributed by atoms with van der Waals surface area (Å²) in [5.41, 5.74) is 0.695. The first-order valence-electron chi connectivity index (χ1n) is 7.67. The van der Waals surface area contributed by atoms with Crippen molar-refractivity contribution in [3.63, 3.8) is 0 Å². The van der Waals surface area contributed by atoms with Crippen LogP contribution in [0.25, 0.3) is 10.8 Å². The predicted molar refractivity (Wildman–Crippen MR) is 99.4 cm³/mol. The number of thiazole rings is 1. The number of benzene rings is 2. The average molecular weight is 352 g/mol. The molecule has 0 saturated heterocycles. The number of rotatable bonds is 7. The fourth-order valence-corrected chi connectivity index (χ4v) is 2.95. The van der Waals surface area contributed by atoms with E-state index in [-0.39, 0.29) is 18.1 Å². The molecule has 3 aromatic rings. The van der Waals surface area contributed by atoms with Crippen molar-refractivity contribution in [1.82, 2.24) is 4.98 Å². The summed E-state index contributed by atoms with van der Waals surface area (Å²) in [7, 11) is 0. The van der Waals surface area contributed by atoms with E-state index in [2.05, 4.69) is 16.9 Å². The number of hydrogen-bond donors (Lipinski definition) is 1. The Morgan fingerprint density at radius 3 is 2.80 bits per heavy atom. The molecule has 0 saturated carbocycles. The molecule has 0 aliphatic rings. The van der Waals surface area contributed by atoms with Crippen LogP contribution in [0.15, 0.2) is 60.5 Å². The maximum Gasteiger partial charge on any atom is 0.358 e. The van der Waals surface area contributed by atoms with Gasteiger partial charge in [-0.3, -0.25) is 4.79 Å². The molecular formula is C19H16N2O3S. The lowest BCUT2D eigenvalue weighted by atomic mass is 10.0. The molecule has 0 unspecified atom stereocenters. The summed E-state index contributed by atoms with van der Waals surface area (Å²) < 4.78 is 5.08. The number of carbonyl (C=O) groups is 2. The largest absolute Gasteiger partial charge is 0.453 e. The molecule has 0 amide bonds. The molecule has 0 aliphatic heterocycles. The Bertz CT molecular complexity index is 933. The molecule has 0 fully saturated rings. The number of nitrogens with one attached hydrogen (secondary N) is 1. The van der Waals surface area contributed by atoms with Gasteiger partial charge in [-0.25, -0.2) is 9.78 Å². The number of esters is 1. The van der Waals surface area contributed by atoms with Crippen LogP contribution in [0.4, 0.5) is 5.13 Å². The number of Topliss-reactive ketones (excluding diaryl/α,β-unsaturated/α-hetero) is 1. The maximum absolute atomic E-state index is 12.3. The highest BCUT2D eigenvalue weighted by molar-refractivity contribution is 7.13. The van der Waals surface area contributed by atoms with E-state index in [4.69, 9.17) is 4.74 Å². The van der Waals surface area contributed by atoms with Crippen LogP contribution in [0.2, 0.25) is 0 Å². The number of nitrogens with zero attached hydrogens (tertiary/aromatic N) is 1. The molecule has 3 rings (SSSR count). The second-order valence-corrected chi connectivity index (χ2v) is 6.13. The summed E-state index contributed by atoms with van der Waals surface area (Å²) in [5, 5.41) is 7.21. The zero-order valence-corrected chi connectivity index (χ0v) is 14.2. The van der Waals surface area contributed by atoms with E-state index >= 15 is 0 Å². The van der Waals surface area contributed by atoms with E-state index in [1.165, 1.54) is 11.3 Å². The minimum absolute atomic E-state index is 0.183. The third-order valence-corrected chi connectivity index (χ3v) is 4.32. The first-order chi connectivity index (χ1) is 12.2. The monoisotopic (exact) mass is 352 g/mol. The van der Waals surface area contributed by atoms with E-state index in [0.717, 1.165) is 10.8 Å². The minimum Gasteiger partial charge on any atom is -0.453 e. The Hall–Kier alpha value is -2.99. The molecule has 0 spiro atoms. The van der Waals surface area contributed by atoms with Gasteiger partial charge < -0.3 is 10.1 Å². The van der Waals surface area contributed by atoms with Gasteiger partial charge in [0.2, 0.25) is 0 Å². The highest BCUT2D eigenvalue weighted by atomic mass is 32.1. The number of anilines is 1. The standard InChI is InChI=1S/C19H16N2O3S/c1-2-9-20-19-21-16(12-25-19)18(23)24-11-17(22)15-8-7-13-5-3-4-6-14(13)10-15/h2-8,10,12H,1,9,11H2,(H,20,21). The van der Waals surface area contributed by atoms with Crippen LogP contribution in [-0.2, 0) is 4.74 Å². The van der Waals surface area contributed by atoms with Gasteiger partial charge in [-0.2, -0.15) is 0 Å². The molecule has 2 aromatic carbocycles. The fraction of sp³-hybridized carbons (Fsp3) is 0.105. The minimum atomic E-state index is -0.614. The molecule has 0 radical (unpaired) electrons. The van der Waals surface area contributed by atoms with Crippen molar-refractivity contribution in [3.05, 3.63) is 71.8 Å². The normalized spacial score (nSPS) is 10.4. The smallest absolute Gasteiger partial charge is 0.358 e. The summed E-state index contributed by atoms with van der Waals surface area (Å²) >= 11 is 1.29. The molecule has 0 bridgehead atoms. The molecule has 1 N–H and O–H groups in total. The average Bonchev–Trinajstić information content (AvgIpc) is 3.12. The first-order valence-corrected chi connectivity index (χ1v) is 8.55. The Balaban J connectivity index is 1.61. The van der Waals surface area contributed by atoms with Crippen molar-refractivity contribution < 1.29 is 14.3 Å². The lowest BCUT2D eigenvalue weighted by Gasteiger charge is -2.04. The summed E-state index contributed by atoms with van der Waals surface area (Å²) in [6.07, 6.45) is 1.70. The van der Waals surface area contributed by atoms with E-state index in [1.807, 2.05) is 30.3 Å². The third-order valence-electron chi connectivity index (χ3n) is 3.52. The summed E-state index contributed by atoms with van der Waals surface area (Å²) in [4.78, 5) is 28.4. The first kappa shape index (κ1) is 16.9. The van der Waals surface area contributed by atoms with Gasteiger partial charge in [0.25, 0.3) is 0 Å². The van der Waals surface area contributed by atoms with Gasteiger partial charge in [-0.15, -0.1) is 17.9 Å². The summed E-state index contributed by atoms with van der Waals surface area (Å²) in [5.74, 6) is -0.864. The van der Waals surface area contributed by atoms with E-state index in [1.54, 1.807) is 23.6 Å². The van der Waals surface area contributed by atoms with Crippen LogP contribution in [0.3, 0.4) is 0 Å². The van der Waals surface area contributed by atoms with Gasteiger partial charge in [-0.1, -0.05) is 42.5 Å². The number of carbonyl (C=O) groups excluding carboxylic acids is 2. The van der Waals surface area contributed by atoms with Crippen molar-refractivity contribution in [2.75, 3.05) is 18.5 Å². The summed E-state index contributed by atoms with van der Waals surface area (Å²) in [6.45, 7) is 3.84. The quantitative estimate of drug-likeness (QED) is 0.396. The van der Waals surface area contributed by atoms with Crippen LogP contribution in [0.1, 0.15) is 20.8 Å². The predicted octanol–water partition coefficient (Wildman–Crippen LogP) is 3.93. The molecular weight excluding hydrogens is 336 g/mol. The zero-order chi connectivity index (χ0) is 17.6. The SMILES string of the molecule is C=CCNc1nc(C(=O)OCC(=O)c2ccc3ccccc3c2)cs1. The highest BCUT2D eigenvalue weighted by Crippen LogP contribution is 2.17. The Morgan fingerprint density at radius 1 is 1.20 bits per heavy atom. The van der Waals surface area contributed by atoms with Crippen molar-refractivity contribution in [2.24, 2.45) is 0 Å². The lowest BCUT2D eigenvalue weighted by Crippen LogP contribution is -2.14. The molecule has 25 heavy (non-hydrogen) atoms. The van der Waals surface area contributed by atoms with Gasteiger partial charge in [0.15, 0.2) is 23.2 Å². The van der Waals surface area contributed by atoms with Gasteiger partial charge in [0.05, 0.1) is 0 Å². The molecule has 0 atom stereocenters. The van der Waals surface area contributed by atoms with E-state index in [0.29, 0.717) is 17.2 Å². The van der Waals surface area contributed by atoms with Crippen LogP contribution >= 0.6 is 11.3 Å². The number of hydrogen-bond acceptors (Lipinski definition) is 6. The van der Waals surface area contributed by atoms with E-state index in [9.17, 15) is 9.59 Å². The van der Waals surface area contributed by atoms with Gasteiger partial charge in [0, 0.05) is 17.5 Å².